The maximum atomic E-state index is 12.1. The summed E-state index contributed by atoms with van der Waals surface area (Å²) in [6.45, 7) is 0.732. The van der Waals surface area contributed by atoms with Crippen molar-refractivity contribution in [2.75, 3.05) is 7.11 Å². The molecule has 2 bridgehead atoms. The second kappa shape index (κ2) is 5.37. The summed E-state index contributed by atoms with van der Waals surface area (Å²) in [5.41, 5.74) is 1.18. The number of hydrogen-bond donors (Lipinski definition) is 0. The molecule has 0 amide bonds. The van der Waals surface area contributed by atoms with E-state index in [0.29, 0.717) is 12.8 Å². The zero-order valence-electron chi connectivity index (χ0n) is 11.6. The Labute approximate surface area is 118 Å². The van der Waals surface area contributed by atoms with Crippen molar-refractivity contribution in [2.45, 2.75) is 37.9 Å². The van der Waals surface area contributed by atoms with E-state index in [1.165, 1.54) is 12.7 Å². The van der Waals surface area contributed by atoms with Crippen molar-refractivity contribution in [3.8, 4) is 0 Å². The maximum Gasteiger partial charge on any atom is 0.310 e. The second-order valence-corrected chi connectivity index (χ2v) is 5.61. The average Bonchev–Trinajstić information content (AvgIpc) is 2.73. The first-order valence-corrected chi connectivity index (χ1v) is 7.11. The Bertz CT molecular complexity index is 514. The molecule has 2 aliphatic rings. The van der Waals surface area contributed by atoms with E-state index in [1.54, 1.807) is 0 Å². The molecule has 0 radical (unpaired) electrons. The van der Waals surface area contributed by atoms with Crippen LogP contribution in [0.15, 0.2) is 30.3 Å². The Morgan fingerprint density at radius 3 is 2.80 bits per heavy atom. The van der Waals surface area contributed by atoms with Crippen LogP contribution in [-0.2, 0) is 20.9 Å². The Morgan fingerprint density at radius 2 is 2.10 bits per heavy atom. The Morgan fingerprint density at radius 1 is 1.35 bits per heavy atom. The first-order chi connectivity index (χ1) is 9.70. The summed E-state index contributed by atoms with van der Waals surface area (Å²) in [7, 11) is 1.42. The predicted molar refractivity (Wildman–Crippen MR) is 73.9 cm³/mol. The first-order valence-electron chi connectivity index (χ1n) is 7.11. The number of fused-ring (bicyclic) bond motifs is 2. The fourth-order valence-electron chi connectivity index (χ4n) is 3.56. The monoisotopic (exact) mass is 273 g/mol. The highest BCUT2D eigenvalue weighted by Gasteiger charge is 2.50. The van der Waals surface area contributed by atoms with Crippen LogP contribution in [0.4, 0.5) is 0 Å². The van der Waals surface area contributed by atoms with Gasteiger partial charge in [0.25, 0.3) is 0 Å². The Kier molecular flexibility index (Phi) is 3.57. The van der Waals surface area contributed by atoms with Gasteiger partial charge in [0, 0.05) is 19.0 Å². The quantitative estimate of drug-likeness (QED) is 0.788. The summed E-state index contributed by atoms with van der Waals surface area (Å²) in [6, 6.07) is 10.1. The SMILES string of the molecule is COC(=O)C1CC2C(=O)CCC1N2Cc1ccccc1. The van der Waals surface area contributed by atoms with Gasteiger partial charge in [-0.1, -0.05) is 30.3 Å². The van der Waals surface area contributed by atoms with Crippen LogP contribution in [0.2, 0.25) is 0 Å². The third-order valence-corrected chi connectivity index (χ3v) is 4.54. The van der Waals surface area contributed by atoms with Gasteiger partial charge in [-0.3, -0.25) is 14.5 Å². The van der Waals surface area contributed by atoms with Crippen LogP contribution in [0.3, 0.4) is 0 Å². The minimum Gasteiger partial charge on any atom is -0.469 e. The van der Waals surface area contributed by atoms with E-state index in [9.17, 15) is 9.59 Å². The van der Waals surface area contributed by atoms with Gasteiger partial charge in [0.05, 0.1) is 19.1 Å². The molecular weight excluding hydrogens is 254 g/mol. The molecule has 2 aliphatic heterocycles. The molecule has 4 heteroatoms. The van der Waals surface area contributed by atoms with Gasteiger partial charge in [-0.15, -0.1) is 0 Å². The lowest BCUT2D eigenvalue weighted by Crippen LogP contribution is -2.46. The number of rotatable bonds is 3. The average molecular weight is 273 g/mol. The molecule has 0 N–H and O–H groups in total. The number of Topliss-reactive ketones (excluding diaryl/α,β-unsaturated/α-hetero) is 1. The highest BCUT2D eigenvalue weighted by molar-refractivity contribution is 5.87. The molecule has 4 nitrogen and oxygen atoms in total. The predicted octanol–water partition coefficient (Wildman–Crippen LogP) is 1.78. The Hall–Kier alpha value is -1.68. The van der Waals surface area contributed by atoms with Crippen LogP contribution in [0, 0.1) is 5.92 Å². The zero-order chi connectivity index (χ0) is 14.1. The molecule has 0 aromatic heterocycles. The molecule has 1 aromatic carbocycles. The van der Waals surface area contributed by atoms with Gasteiger partial charge in [-0.05, 0) is 18.4 Å². The molecule has 2 fully saturated rings. The van der Waals surface area contributed by atoms with Gasteiger partial charge in [-0.25, -0.2) is 0 Å². The number of carbonyl (C=O) groups is 2. The van der Waals surface area contributed by atoms with Crippen molar-refractivity contribution < 1.29 is 14.3 Å². The van der Waals surface area contributed by atoms with E-state index >= 15 is 0 Å². The third-order valence-electron chi connectivity index (χ3n) is 4.54. The van der Waals surface area contributed by atoms with Crippen molar-refractivity contribution in [1.82, 2.24) is 4.90 Å². The molecule has 3 rings (SSSR count). The molecule has 106 valence electrons. The van der Waals surface area contributed by atoms with Crippen molar-refractivity contribution >= 4 is 11.8 Å². The lowest BCUT2D eigenvalue weighted by molar-refractivity contribution is -0.146. The van der Waals surface area contributed by atoms with Crippen molar-refractivity contribution in [1.29, 1.82) is 0 Å². The van der Waals surface area contributed by atoms with Gasteiger partial charge in [-0.2, -0.15) is 0 Å². The number of benzene rings is 1. The maximum absolute atomic E-state index is 12.1. The topological polar surface area (TPSA) is 46.6 Å². The van der Waals surface area contributed by atoms with E-state index < -0.39 is 0 Å². The van der Waals surface area contributed by atoms with Crippen LogP contribution in [0.5, 0.6) is 0 Å². The summed E-state index contributed by atoms with van der Waals surface area (Å²) < 4.78 is 4.90. The van der Waals surface area contributed by atoms with E-state index in [2.05, 4.69) is 17.0 Å². The van der Waals surface area contributed by atoms with E-state index in [-0.39, 0.29) is 29.8 Å². The first kappa shape index (κ1) is 13.3. The highest BCUT2D eigenvalue weighted by atomic mass is 16.5. The van der Waals surface area contributed by atoms with Crippen molar-refractivity contribution in [3.63, 3.8) is 0 Å². The fourth-order valence-corrected chi connectivity index (χ4v) is 3.56. The standard InChI is InChI=1S/C16H19NO3/c1-20-16(19)12-9-14-15(18)8-7-13(12)17(14)10-11-5-3-2-4-6-11/h2-6,12-14H,7-10H2,1H3. The summed E-state index contributed by atoms with van der Waals surface area (Å²) in [5.74, 6) is -0.0611. The molecule has 2 saturated heterocycles. The third kappa shape index (κ3) is 2.24. The summed E-state index contributed by atoms with van der Waals surface area (Å²) in [5, 5.41) is 0. The molecular formula is C16H19NO3. The van der Waals surface area contributed by atoms with Gasteiger partial charge in [0.1, 0.15) is 5.78 Å². The normalized spacial score (nSPS) is 29.4. The smallest absolute Gasteiger partial charge is 0.310 e. The minimum atomic E-state index is -0.176. The van der Waals surface area contributed by atoms with Crippen molar-refractivity contribution in [3.05, 3.63) is 35.9 Å². The van der Waals surface area contributed by atoms with Crippen molar-refractivity contribution in [2.24, 2.45) is 5.92 Å². The molecule has 3 unspecified atom stereocenters. The number of nitrogens with zero attached hydrogens (tertiary/aromatic N) is 1. The summed E-state index contributed by atoms with van der Waals surface area (Å²) in [6.07, 6.45) is 1.97. The Balaban J connectivity index is 1.83. The van der Waals surface area contributed by atoms with E-state index in [1.807, 2.05) is 18.2 Å². The van der Waals surface area contributed by atoms with Crippen LogP contribution >= 0.6 is 0 Å². The van der Waals surface area contributed by atoms with Crippen LogP contribution < -0.4 is 0 Å². The molecule has 1 aromatic rings. The lowest BCUT2D eigenvalue weighted by Gasteiger charge is -2.34. The number of ether oxygens (including phenoxy) is 1. The molecule has 3 atom stereocenters. The fraction of sp³-hybridized carbons (Fsp3) is 0.500. The van der Waals surface area contributed by atoms with Crippen LogP contribution in [0.25, 0.3) is 0 Å². The molecule has 0 spiro atoms. The number of hydrogen-bond acceptors (Lipinski definition) is 4. The van der Waals surface area contributed by atoms with Gasteiger partial charge < -0.3 is 4.74 Å². The van der Waals surface area contributed by atoms with Crippen LogP contribution in [0.1, 0.15) is 24.8 Å². The number of esters is 1. The summed E-state index contributed by atoms with van der Waals surface area (Å²) >= 11 is 0. The number of methoxy groups -OCH3 is 1. The van der Waals surface area contributed by atoms with Gasteiger partial charge >= 0.3 is 5.97 Å². The van der Waals surface area contributed by atoms with E-state index in [0.717, 1.165) is 13.0 Å². The second-order valence-electron chi connectivity index (χ2n) is 5.61. The number of ketones is 1. The molecule has 0 saturated carbocycles. The number of piperidine rings is 1. The van der Waals surface area contributed by atoms with Gasteiger partial charge in [0.15, 0.2) is 0 Å². The lowest BCUT2D eigenvalue weighted by atomic mass is 9.97. The molecule has 20 heavy (non-hydrogen) atoms. The summed E-state index contributed by atoms with van der Waals surface area (Å²) in [4.78, 5) is 26.2. The zero-order valence-corrected chi connectivity index (χ0v) is 11.6. The van der Waals surface area contributed by atoms with E-state index in [4.69, 9.17) is 4.74 Å². The van der Waals surface area contributed by atoms with Crippen LogP contribution in [-0.4, -0.2) is 35.8 Å². The highest BCUT2D eigenvalue weighted by Crippen LogP contribution is 2.39. The molecule has 0 aliphatic carbocycles. The molecule has 2 heterocycles. The minimum absolute atomic E-state index is 0.113. The van der Waals surface area contributed by atoms with Gasteiger partial charge in [0.2, 0.25) is 0 Å². The largest absolute Gasteiger partial charge is 0.469 e. The number of carbonyl (C=O) groups excluding carboxylic acids is 2.